The van der Waals surface area contributed by atoms with Gasteiger partial charge in [0.15, 0.2) is 0 Å². The van der Waals surface area contributed by atoms with E-state index in [1.807, 2.05) is 0 Å². The third-order valence-electron chi connectivity index (χ3n) is 5.71. The summed E-state index contributed by atoms with van der Waals surface area (Å²) in [6.45, 7) is 11.5. The predicted octanol–water partition coefficient (Wildman–Crippen LogP) is 8.13. The minimum Gasteiger partial charge on any atom is -0.381 e. The van der Waals surface area contributed by atoms with Crippen LogP contribution in [0.5, 0.6) is 0 Å². The Balaban J connectivity index is 3.12. The molecule has 0 bridgehead atoms. The zero-order valence-corrected chi connectivity index (χ0v) is 20.6. The van der Waals surface area contributed by atoms with Crippen molar-refractivity contribution in [2.75, 3.05) is 18.5 Å². The minimum atomic E-state index is -0.602. The molecule has 0 aliphatic carbocycles. The van der Waals surface area contributed by atoms with Crippen LogP contribution in [0.25, 0.3) is 0 Å². The number of halogens is 1. The van der Waals surface area contributed by atoms with Gasteiger partial charge in [0.2, 0.25) is 0 Å². The second-order valence-corrected chi connectivity index (χ2v) is 13.5. The van der Waals surface area contributed by atoms with Crippen molar-refractivity contribution in [3.8, 4) is 0 Å². The van der Waals surface area contributed by atoms with E-state index in [0.717, 1.165) is 13.2 Å². The lowest BCUT2D eigenvalue weighted by atomic mass is 10.0. The van der Waals surface area contributed by atoms with Crippen molar-refractivity contribution in [3.05, 3.63) is 0 Å². The number of unbranched alkanes of at least 4 members (excludes halogenated alkanes) is 13. The predicted molar refractivity (Wildman–Crippen MR) is 122 cm³/mol. The van der Waals surface area contributed by atoms with Gasteiger partial charge in [0.05, 0.1) is 0 Å². The first-order chi connectivity index (χ1) is 12.0. The van der Waals surface area contributed by atoms with Crippen LogP contribution in [-0.2, 0) is 4.74 Å². The van der Waals surface area contributed by atoms with Gasteiger partial charge in [0.25, 0.3) is 0 Å². The van der Waals surface area contributed by atoms with E-state index in [-0.39, 0.29) is 0 Å². The van der Waals surface area contributed by atoms with Gasteiger partial charge in [-0.2, -0.15) is 0 Å². The molecular formula is C22H47BrOSi. The van der Waals surface area contributed by atoms with Gasteiger partial charge < -0.3 is 4.74 Å². The van der Waals surface area contributed by atoms with E-state index in [1.54, 1.807) is 0 Å². The van der Waals surface area contributed by atoms with Gasteiger partial charge in [-0.05, 0) is 17.9 Å². The first kappa shape index (κ1) is 25.7. The first-order valence-corrected chi connectivity index (χ1v) is 15.1. The summed E-state index contributed by atoms with van der Waals surface area (Å²) in [5, 5.41) is 1.63. The van der Waals surface area contributed by atoms with Crippen molar-refractivity contribution in [3.63, 3.8) is 0 Å². The fraction of sp³-hybridized carbons (Fsp3) is 1.00. The summed E-state index contributed by atoms with van der Waals surface area (Å²) in [4.78, 5) is 0. The highest BCUT2D eigenvalue weighted by molar-refractivity contribution is 9.09. The van der Waals surface area contributed by atoms with Crippen molar-refractivity contribution in [1.82, 2.24) is 0 Å². The standard InChI is InChI=1S/C22H47BrOSi/c1-22(2,25(3)4)21-24-20-18-16-14-12-10-8-6-5-7-9-11-13-15-17-19-23/h25H,5-21H2,1-4H3. The van der Waals surface area contributed by atoms with Crippen LogP contribution in [0, 0.1) is 0 Å². The van der Waals surface area contributed by atoms with E-state index in [4.69, 9.17) is 4.74 Å². The highest BCUT2D eigenvalue weighted by Crippen LogP contribution is 2.28. The van der Waals surface area contributed by atoms with Crippen LogP contribution in [-0.4, -0.2) is 27.3 Å². The van der Waals surface area contributed by atoms with Crippen LogP contribution in [0.2, 0.25) is 18.1 Å². The lowest BCUT2D eigenvalue weighted by Gasteiger charge is -2.27. The molecule has 25 heavy (non-hydrogen) atoms. The third kappa shape index (κ3) is 17.8. The van der Waals surface area contributed by atoms with Gasteiger partial charge in [-0.3, -0.25) is 0 Å². The van der Waals surface area contributed by atoms with E-state index in [2.05, 4.69) is 42.9 Å². The Labute approximate surface area is 169 Å². The zero-order chi connectivity index (χ0) is 18.8. The first-order valence-electron chi connectivity index (χ1n) is 11.1. The summed E-state index contributed by atoms with van der Waals surface area (Å²) in [6.07, 6.45) is 19.8. The molecule has 0 saturated heterocycles. The molecule has 152 valence electrons. The molecule has 0 radical (unpaired) electrons. The Morgan fingerprint density at radius 1 is 0.640 bits per heavy atom. The number of alkyl halides is 1. The Morgan fingerprint density at radius 2 is 1.00 bits per heavy atom. The molecule has 0 rings (SSSR count). The Kier molecular flexibility index (Phi) is 18.5. The van der Waals surface area contributed by atoms with Gasteiger partial charge >= 0.3 is 0 Å². The summed E-state index contributed by atoms with van der Waals surface area (Å²) >= 11 is 3.50. The number of ether oxygens (including phenoxy) is 1. The Morgan fingerprint density at radius 3 is 1.36 bits per heavy atom. The summed E-state index contributed by atoms with van der Waals surface area (Å²) in [6, 6.07) is 0. The highest BCUT2D eigenvalue weighted by Gasteiger charge is 2.23. The smallest absolute Gasteiger partial charge is 0.0490 e. The monoisotopic (exact) mass is 434 g/mol. The average molecular weight is 436 g/mol. The van der Waals surface area contributed by atoms with Crippen LogP contribution in [0.15, 0.2) is 0 Å². The van der Waals surface area contributed by atoms with Crippen LogP contribution in [0.3, 0.4) is 0 Å². The van der Waals surface area contributed by atoms with Gasteiger partial charge in [-0.15, -0.1) is 0 Å². The molecular weight excluding hydrogens is 388 g/mol. The van der Waals surface area contributed by atoms with Crippen molar-refractivity contribution in [2.24, 2.45) is 0 Å². The molecule has 0 unspecified atom stereocenters. The lowest BCUT2D eigenvalue weighted by Crippen LogP contribution is -2.26. The van der Waals surface area contributed by atoms with Gasteiger partial charge in [-0.25, -0.2) is 0 Å². The topological polar surface area (TPSA) is 9.23 Å². The van der Waals surface area contributed by atoms with Crippen LogP contribution in [0.4, 0.5) is 0 Å². The number of hydrogen-bond donors (Lipinski definition) is 0. The lowest BCUT2D eigenvalue weighted by molar-refractivity contribution is 0.110. The third-order valence-corrected chi connectivity index (χ3v) is 9.56. The van der Waals surface area contributed by atoms with E-state index in [0.29, 0.717) is 5.04 Å². The van der Waals surface area contributed by atoms with Gasteiger partial charge in [0, 0.05) is 27.3 Å². The van der Waals surface area contributed by atoms with Crippen molar-refractivity contribution in [2.45, 2.75) is 122 Å². The molecule has 0 aliphatic heterocycles. The van der Waals surface area contributed by atoms with Crippen molar-refractivity contribution in [1.29, 1.82) is 0 Å². The molecule has 0 aromatic heterocycles. The largest absolute Gasteiger partial charge is 0.381 e. The van der Waals surface area contributed by atoms with Gasteiger partial charge in [-0.1, -0.05) is 120 Å². The van der Waals surface area contributed by atoms with E-state index >= 15 is 0 Å². The number of hydrogen-bond acceptors (Lipinski definition) is 1. The van der Waals surface area contributed by atoms with E-state index < -0.39 is 8.80 Å². The zero-order valence-electron chi connectivity index (χ0n) is 17.9. The molecule has 0 aromatic carbocycles. The molecule has 0 aliphatic rings. The normalized spacial score (nSPS) is 12.2. The van der Waals surface area contributed by atoms with E-state index in [1.165, 1.54) is 95.2 Å². The summed E-state index contributed by atoms with van der Waals surface area (Å²) in [5.74, 6) is 0. The average Bonchev–Trinajstić information content (AvgIpc) is 2.57. The fourth-order valence-electron chi connectivity index (χ4n) is 2.92. The second-order valence-electron chi connectivity index (χ2n) is 8.83. The summed E-state index contributed by atoms with van der Waals surface area (Å²) in [5.41, 5.74) is 0. The molecule has 0 aromatic rings. The van der Waals surface area contributed by atoms with Crippen LogP contribution in [0.1, 0.15) is 104 Å². The molecule has 0 heterocycles. The Hall–Kier alpha value is 0.657. The fourth-order valence-corrected chi connectivity index (χ4v) is 3.77. The minimum absolute atomic E-state index is 0.452. The molecule has 0 N–H and O–H groups in total. The molecule has 0 fully saturated rings. The maximum atomic E-state index is 5.91. The molecule has 3 heteroatoms. The van der Waals surface area contributed by atoms with E-state index in [9.17, 15) is 0 Å². The van der Waals surface area contributed by atoms with Crippen molar-refractivity contribution >= 4 is 24.7 Å². The van der Waals surface area contributed by atoms with Crippen LogP contribution >= 0.6 is 15.9 Å². The van der Waals surface area contributed by atoms with Crippen LogP contribution < -0.4 is 0 Å². The SMILES string of the molecule is C[SiH](C)C(C)(C)COCCCCCCCCCCCCCCCCBr. The molecule has 1 nitrogen and oxygen atoms in total. The molecule has 0 spiro atoms. The number of rotatable bonds is 19. The second kappa shape index (κ2) is 18.0. The molecule has 0 saturated carbocycles. The summed E-state index contributed by atoms with van der Waals surface area (Å²) < 4.78 is 5.91. The highest BCUT2D eigenvalue weighted by atomic mass is 79.9. The quantitative estimate of drug-likeness (QED) is 0.113. The molecule has 0 atom stereocenters. The van der Waals surface area contributed by atoms with Crippen molar-refractivity contribution < 1.29 is 4.74 Å². The maximum absolute atomic E-state index is 5.91. The van der Waals surface area contributed by atoms with Gasteiger partial charge in [0.1, 0.15) is 0 Å². The molecule has 0 amide bonds. The Bertz CT molecular complexity index is 269. The summed E-state index contributed by atoms with van der Waals surface area (Å²) in [7, 11) is -0.602. The maximum Gasteiger partial charge on any atom is 0.0490 e.